The van der Waals surface area contributed by atoms with Gasteiger partial charge in [-0.3, -0.25) is 9.48 Å². The summed E-state index contributed by atoms with van der Waals surface area (Å²) in [7, 11) is 0.218. The number of hydrogen-bond donors (Lipinski definition) is 0. The highest BCUT2D eigenvalue weighted by Crippen LogP contribution is 2.25. The molecule has 8 nitrogen and oxygen atoms in total. The predicted molar refractivity (Wildman–Crippen MR) is 113 cm³/mol. The van der Waals surface area contributed by atoms with E-state index < -0.39 is 10.0 Å². The monoisotopic (exact) mass is 419 g/mol. The second-order valence-corrected chi connectivity index (χ2v) is 9.33. The summed E-state index contributed by atoms with van der Waals surface area (Å²) in [4.78, 5) is 16.8. The Morgan fingerprint density at radius 1 is 1.14 bits per heavy atom. The number of piperazine rings is 1. The van der Waals surface area contributed by atoms with Crippen LogP contribution in [0, 0.1) is 13.8 Å². The van der Waals surface area contributed by atoms with Crippen molar-refractivity contribution in [1.82, 2.24) is 19.0 Å². The molecule has 0 atom stereocenters. The molecular weight excluding hydrogens is 390 g/mol. The fraction of sp³-hybridized carbons (Fsp3) is 0.500. The minimum absolute atomic E-state index is 0.0723. The summed E-state index contributed by atoms with van der Waals surface area (Å²) >= 11 is 0. The molecule has 2 aromatic rings. The summed E-state index contributed by atoms with van der Waals surface area (Å²) in [5, 5.41) is 4.34. The van der Waals surface area contributed by atoms with Gasteiger partial charge in [-0.15, -0.1) is 0 Å². The molecular formula is C20H29N5O3S. The van der Waals surface area contributed by atoms with Gasteiger partial charge >= 0.3 is 0 Å². The number of nitrogens with zero attached hydrogens (tertiary/aromatic N) is 5. The average Bonchev–Trinajstić information content (AvgIpc) is 3.01. The number of aryl methyl sites for hydroxylation is 2. The zero-order chi connectivity index (χ0) is 21.3. The number of aromatic nitrogens is 2. The van der Waals surface area contributed by atoms with Crippen molar-refractivity contribution in [2.24, 2.45) is 0 Å². The first-order chi connectivity index (χ1) is 13.7. The lowest BCUT2D eigenvalue weighted by Crippen LogP contribution is -2.50. The highest BCUT2D eigenvalue weighted by molar-refractivity contribution is 7.89. The molecule has 1 amide bonds. The molecule has 9 heteroatoms. The Balaban J connectivity index is 1.74. The second-order valence-electron chi connectivity index (χ2n) is 7.46. The summed E-state index contributed by atoms with van der Waals surface area (Å²) in [6.45, 7) is 7.35. The van der Waals surface area contributed by atoms with Gasteiger partial charge in [-0.05, 0) is 39.0 Å². The van der Waals surface area contributed by atoms with E-state index in [0.29, 0.717) is 36.6 Å². The Kier molecular flexibility index (Phi) is 6.00. The first-order valence-corrected chi connectivity index (χ1v) is 11.2. The topological polar surface area (TPSA) is 78.8 Å². The van der Waals surface area contributed by atoms with Gasteiger partial charge in [0.05, 0.1) is 11.4 Å². The molecule has 2 heterocycles. The molecule has 1 aromatic heterocycles. The molecule has 0 bridgehead atoms. The van der Waals surface area contributed by atoms with Gasteiger partial charge in [0.15, 0.2) is 0 Å². The van der Waals surface area contributed by atoms with Crippen molar-refractivity contribution < 1.29 is 13.2 Å². The summed E-state index contributed by atoms with van der Waals surface area (Å²) in [5.74, 6) is -0.0723. The van der Waals surface area contributed by atoms with Gasteiger partial charge in [0.1, 0.15) is 4.90 Å². The molecule has 3 rings (SSSR count). The summed E-state index contributed by atoms with van der Waals surface area (Å²) in [6, 6.07) is 7.46. The van der Waals surface area contributed by atoms with Gasteiger partial charge in [0.25, 0.3) is 5.91 Å². The first kappa shape index (κ1) is 21.3. The molecule has 0 radical (unpaired) electrons. The van der Waals surface area contributed by atoms with Crippen LogP contribution in [0.1, 0.15) is 28.7 Å². The van der Waals surface area contributed by atoms with Crippen molar-refractivity contribution in [2.45, 2.75) is 32.2 Å². The number of carbonyl (C=O) groups is 1. The van der Waals surface area contributed by atoms with E-state index in [1.165, 1.54) is 4.31 Å². The fourth-order valence-electron chi connectivity index (χ4n) is 3.72. The van der Waals surface area contributed by atoms with Crippen LogP contribution < -0.4 is 4.90 Å². The van der Waals surface area contributed by atoms with Gasteiger partial charge in [-0.25, -0.2) is 8.42 Å². The van der Waals surface area contributed by atoms with Crippen LogP contribution in [0.5, 0.6) is 0 Å². The third-order valence-corrected chi connectivity index (χ3v) is 7.50. The number of rotatable bonds is 5. The number of carbonyl (C=O) groups excluding carboxylic acids is 1. The van der Waals surface area contributed by atoms with Crippen LogP contribution in [0.3, 0.4) is 0 Å². The lowest BCUT2D eigenvalue weighted by molar-refractivity contribution is 0.0698. The lowest BCUT2D eigenvalue weighted by Gasteiger charge is -2.34. The van der Waals surface area contributed by atoms with Gasteiger partial charge in [-0.1, -0.05) is 6.07 Å². The molecule has 0 saturated carbocycles. The maximum absolute atomic E-state index is 13.2. The molecule has 1 aliphatic heterocycles. The average molecular weight is 420 g/mol. The molecule has 0 unspecified atom stereocenters. The lowest BCUT2D eigenvalue weighted by atomic mass is 10.1. The Morgan fingerprint density at radius 2 is 1.79 bits per heavy atom. The third kappa shape index (κ3) is 4.02. The third-order valence-electron chi connectivity index (χ3n) is 5.35. The normalized spacial score (nSPS) is 15.6. The number of hydrogen-bond acceptors (Lipinski definition) is 5. The number of amides is 1. The molecule has 0 aliphatic carbocycles. The van der Waals surface area contributed by atoms with Crippen molar-refractivity contribution in [1.29, 1.82) is 0 Å². The van der Waals surface area contributed by atoms with Gasteiger partial charge in [-0.2, -0.15) is 9.40 Å². The Morgan fingerprint density at radius 3 is 2.34 bits per heavy atom. The predicted octanol–water partition coefficient (Wildman–Crippen LogP) is 1.73. The minimum Gasteiger partial charge on any atom is -0.378 e. The number of benzene rings is 1. The van der Waals surface area contributed by atoms with Crippen LogP contribution in [0.2, 0.25) is 0 Å². The summed E-state index contributed by atoms with van der Waals surface area (Å²) in [6.07, 6.45) is 0. The van der Waals surface area contributed by atoms with Crippen LogP contribution in [-0.2, 0) is 16.6 Å². The summed E-state index contributed by atoms with van der Waals surface area (Å²) < 4.78 is 29.5. The number of anilines is 1. The van der Waals surface area contributed by atoms with Gasteiger partial charge in [0, 0.05) is 58.1 Å². The van der Waals surface area contributed by atoms with Crippen molar-refractivity contribution in [2.75, 3.05) is 45.2 Å². The standard InChI is InChI=1S/C20H29N5O3S/c1-6-25-16(3)19(15(2)21-25)29(27,28)24-12-10-23(11-13-24)20(26)17-8-7-9-18(14-17)22(4)5/h7-9,14H,6,10-13H2,1-5H3. The van der Waals surface area contributed by atoms with Gasteiger partial charge < -0.3 is 9.80 Å². The molecule has 1 saturated heterocycles. The summed E-state index contributed by atoms with van der Waals surface area (Å²) in [5.41, 5.74) is 2.74. The zero-order valence-electron chi connectivity index (χ0n) is 17.7. The molecule has 1 aliphatic rings. The SMILES string of the molecule is CCn1nc(C)c(S(=O)(=O)N2CCN(C(=O)c3cccc(N(C)C)c3)CC2)c1C. The van der Waals surface area contributed by atoms with E-state index in [1.54, 1.807) is 29.5 Å². The highest BCUT2D eigenvalue weighted by Gasteiger charge is 2.34. The van der Waals surface area contributed by atoms with Crippen LogP contribution in [0.25, 0.3) is 0 Å². The maximum atomic E-state index is 13.2. The fourth-order valence-corrected chi connectivity index (χ4v) is 5.52. The van der Waals surface area contributed by atoms with E-state index in [2.05, 4.69) is 5.10 Å². The molecule has 29 heavy (non-hydrogen) atoms. The van der Waals surface area contributed by atoms with Crippen LogP contribution in [-0.4, -0.2) is 73.6 Å². The molecule has 158 valence electrons. The van der Waals surface area contributed by atoms with Crippen LogP contribution in [0.15, 0.2) is 29.2 Å². The maximum Gasteiger partial charge on any atom is 0.254 e. The van der Waals surface area contributed by atoms with E-state index >= 15 is 0 Å². The number of sulfonamides is 1. The van der Waals surface area contributed by atoms with E-state index in [4.69, 9.17) is 0 Å². The zero-order valence-corrected chi connectivity index (χ0v) is 18.5. The van der Waals surface area contributed by atoms with Crippen LogP contribution >= 0.6 is 0 Å². The molecule has 1 aromatic carbocycles. The van der Waals surface area contributed by atoms with Gasteiger partial charge in [0.2, 0.25) is 10.0 Å². The van der Waals surface area contributed by atoms with E-state index in [9.17, 15) is 13.2 Å². The molecule has 1 fully saturated rings. The minimum atomic E-state index is -3.64. The molecule has 0 N–H and O–H groups in total. The quantitative estimate of drug-likeness (QED) is 0.738. The highest BCUT2D eigenvalue weighted by atomic mass is 32.2. The van der Waals surface area contributed by atoms with Crippen molar-refractivity contribution in [3.63, 3.8) is 0 Å². The van der Waals surface area contributed by atoms with Crippen molar-refractivity contribution in [3.05, 3.63) is 41.2 Å². The second kappa shape index (κ2) is 8.16. The Labute approximate surface area is 172 Å². The molecule has 0 spiro atoms. The van der Waals surface area contributed by atoms with E-state index in [1.807, 2.05) is 44.1 Å². The van der Waals surface area contributed by atoms with Crippen molar-refractivity contribution >= 4 is 21.6 Å². The van der Waals surface area contributed by atoms with Crippen LogP contribution in [0.4, 0.5) is 5.69 Å². The van der Waals surface area contributed by atoms with E-state index in [-0.39, 0.29) is 23.9 Å². The van der Waals surface area contributed by atoms with Crippen molar-refractivity contribution in [3.8, 4) is 0 Å². The smallest absolute Gasteiger partial charge is 0.254 e. The Hall–Kier alpha value is -2.39. The van der Waals surface area contributed by atoms with E-state index in [0.717, 1.165) is 5.69 Å². The largest absolute Gasteiger partial charge is 0.378 e. The Bertz CT molecular complexity index is 1010. The first-order valence-electron chi connectivity index (χ1n) is 9.77.